The lowest BCUT2D eigenvalue weighted by Gasteiger charge is -2.52. The van der Waals surface area contributed by atoms with Crippen molar-refractivity contribution >= 4 is 36.3 Å². The highest BCUT2D eigenvalue weighted by Crippen LogP contribution is 2.47. The van der Waals surface area contributed by atoms with Gasteiger partial charge in [-0.25, -0.2) is 4.79 Å². The van der Waals surface area contributed by atoms with Crippen LogP contribution in [0.1, 0.15) is 75.9 Å². The van der Waals surface area contributed by atoms with Crippen LogP contribution in [0.3, 0.4) is 0 Å². The molecule has 0 unspecified atom stereocenters. The first-order valence-corrected chi connectivity index (χ1v) is 31.4. The molecule has 2 aliphatic heterocycles. The first-order chi connectivity index (χ1) is 27.1. The standard InChI is InChI=1S/C42H75N3O11Si3/c1-27-29-21-32(55-40(48)37(29)33(53-26-51-18-20-58(12,13)14)23-31(27)52-25-50-17-19-57(9,10)11)28(2)30(46)22-35-42(6,7)36(56-59(15,16)41(3,4)5)24-34(54-35)38(49-8)39(47)44-45-43/h23,28,30,32,34-36,38,46H,17-22,24-26H2,1-16H3/t28-,30+,32-,34+,35-,36-,38+/m1/s1. The van der Waals surface area contributed by atoms with Gasteiger partial charge in [0.05, 0.1) is 24.4 Å². The van der Waals surface area contributed by atoms with Gasteiger partial charge in [-0.05, 0) is 58.9 Å². The molecule has 1 saturated heterocycles. The quantitative estimate of drug-likeness (QED) is 0.0237. The molecule has 14 nitrogen and oxygen atoms in total. The maximum Gasteiger partial charge on any atom is 0.342 e. The number of azide groups is 1. The lowest BCUT2D eigenvalue weighted by atomic mass is 9.72. The van der Waals surface area contributed by atoms with E-state index in [2.05, 4.69) is 83.2 Å². The third-order valence-corrected chi connectivity index (χ3v) is 20.3. The van der Waals surface area contributed by atoms with E-state index in [1.807, 2.05) is 27.7 Å². The predicted molar refractivity (Wildman–Crippen MR) is 237 cm³/mol. The molecule has 1 amide bonds. The van der Waals surface area contributed by atoms with Gasteiger partial charge in [0.1, 0.15) is 29.3 Å². The predicted octanol–water partition coefficient (Wildman–Crippen LogP) is 9.27. The topological polar surface area (TPSA) is 177 Å². The Kier molecular flexibility index (Phi) is 17.9. The van der Waals surface area contributed by atoms with Crippen molar-refractivity contribution in [1.29, 1.82) is 0 Å². The van der Waals surface area contributed by atoms with Crippen LogP contribution in [-0.2, 0) is 39.3 Å². The summed E-state index contributed by atoms with van der Waals surface area (Å²) in [7, 11) is -3.55. The minimum Gasteiger partial charge on any atom is -0.467 e. The molecule has 0 saturated carbocycles. The Morgan fingerprint density at radius 1 is 1.00 bits per heavy atom. The summed E-state index contributed by atoms with van der Waals surface area (Å²) in [5, 5.41) is 15.2. The van der Waals surface area contributed by atoms with Crippen molar-refractivity contribution in [3.63, 3.8) is 0 Å². The molecule has 336 valence electrons. The van der Waals surface area contributed by atoms with Crippen LogP contribution in [0, 0.1) is 18.3 Å². The summed E-state index contributed by atoms with van der Waals surface area (Å²) in [6.07, 6.45) is -3.84. The van der Waals surface area contributed by atoms with Gasteiger partial charge in [-0.2, -0.15) is 0 Å². The minimum atomic E-state index is -2.33. The van der Waals surface area contributed by atoms with Crippen LogP contribution in [0.4, 0.5) is 0 Å². The van der Waals surface area contributed by atoms with Crippen LogP contribution in [0.5, 0.6) is 11.5 Å². The average molecular weight is 882 g/mol. The molecule has 2 heterocycles. The molecule has 0 radical (unpaired) electrons. The molecule has 59 heavy (non-hydrogen) atoms. The van der Waals surface area contributed by atoms with E-state index in [4.69, 9.17) is 43.1 Å². The second-order valence-corrected chi connectivity index (χ2v) is 36.9. The molecule has 2 aliphatic rings. The van der Waals surface area contributed by atoms with Crippen molar-refractivity contribution in [2.75, 3.05) is 33.9 Å². The van der Waals surface area contributed by atoms with E-state index in [-0.39, 0.29) is 31.1 Å². The Balaban J connectivity index is 1.92. The number of rotatable bonds is 21. The molecule has 0 bridgehead atoms. The normalized spacial score (nSPS) is 22.7. The summed E-state index contributed by atoms with van der Waals surface area (Å²) in [5.41, 5.74) is 10.2. The SMILES string of the molecule is CO[C@H](C(=O)N=[N+]=[N-])[C@@H]1C[C@@H](O[Si](C)(C)C(C)(C)C)C(C)(C)[C@@H](C[C@H](O)[C@@H](C)[C@H]2Cc3c(C)c(OCOCC[Si](C)(C)C)cc(OCOCC[Si](C)(C)C)c3C(=O)O2)O1. The number of cyclic esters (lactones) is 1. The van der Waals surface area contributed by atoms with Gasteiger partial charge in [-0.15, -0.1) is 0 Å². The van der Waals surface area contributed by atoms with Crippen molar-refractivity contribution in [2.24, 2.45) is 16.4 Å². The van der Waals surface area contributed by atoms with Gasteiger partial charge >= 0.3 is 5.97 Å². The van der Waals surface area contributed by atoms with E-state index >= 15 is 0 Å². The van der Waals surface area contributed by atoms with E-state index in [1.54, 1.807) is 6.07 Å². The highest BCUT2D eigenvalue weighted by atomic mass is 28.4. The van der Waals surface area contributed by atoms with Crippen LogP contribution in [-0.4, -0.2) is 112 Å². The van der Waals surface area contributed by atoms with Crippen LogP contribution in [0.15, 0.2) is 11.2 Å². The lowest BCUT2D eigenvalue weighted by Crippen LogP contribution is -2.59. The van der Waals surface area contributed by atoms with Crippen molar-refractivity contribution < 1.29 is 52.3 Å². The molecule has 0 aliphatic carbocycles. The zero-order chi connectivity index (χ0) is 44.7. The van der Waals surface area contributed by atoms with E-state index in [9.17, 15) is 14.7 Å². The van der Waals surface area contributed by atoms with Gasteiger partial charge in [-0.1, -0.05) is 80.8 Å². The lowest BCUT2D eigenvalue weighted by molar-refractivity contribution is -0.208. The fourth-order valence-electron chi connectivity index (χ4n) is 6.99. The number of aliphatic hydroxyl groups is 1. The summed E-state index contributed by atoms with van der Waals surface area (Å²) >= 11 is 0. The Hall–Kier alpha value is -2.32. The second-order valence-electron chi connectivity index (χ2n) is 20.9. The zero-order valence-corrected chi connectivity index (χ0v) is 41.9. The smallest absolute Gasteiger partial charge is 0.342 e. The molecular weight excluding hydrogens is 807 g/mol. The Bertz CT molecular complexity index is 1630. The molecule has 0 aromatic heterocycles. The fraction of sp³-hybridized carbons (Fsp3) is 0.810. The molecule has 17 heteroatoms. The van der Waals surface area contributed by atoms with Crippen molar-refractivity contribution in [1.82, 2.24) is 0 Å². The molecule has 1 N–H and O–H groups in total. The first kappa shape index (κ1) is 51.0. The van der Waals surface area contributed by atoms with Gasteiger partial charge < -0.3 is 42.7 Å². The number of benzene rings is 1. The Labute approximate surface area is 356 Å². The van der Waals surface area contributed by atoms with Gasteiger partial charge in [0.2, 0.25) is 5.91 Å². The van der Waals surface area contributed by atoms with Crippen molar-refractivity contribution in [3.8, 4) is 11.5 Å². The number of fused-ring (bicyclic) bond motifs is 1. The molecule has 3 rings (SSSR count). The number of amides is 1. The second kappa shape index (κ2) is 20.7. The maximum atomic E-state index is 13.9. The highest BCUT2D eigenvalue weighted by molar-refractivity contribution is 6.76. The molecular formula is C42H75N3O11Si3. The number of aliphatic hydroxyl groups excluding tert-OH is 1. The third kappa shape index (κ3) is 14.1. The van der Waals surface area contributed by atoms with Crippen molar-refractivity contribution in [2.45, 2.75) is 174 Å². The van der Waals surface area contributed by atoms with Crippen LogP contribution in [0.25, 0.3) is 10.4 Å². The number of carbonyl (C=O) groups is 2. The van der Waals surface area contributed by atoms with Gasteiger partial charge in [0, 0.05) is 78.0 Å². The number of carbonyl (C=O) groups excluding carboxylic acids is 2. The maximum absolute atomic E-state index is 13.9. The van der Waals surface area contributed by atoms with Gasteiger partial charge in [0.15, 0.2) is 21.9 Å². The number of ether oxygens (including phenoxy) is 7. The van der Waals surface area contributed by atoms with E-state index in [1.165, 1.54) is 7.11 Å². The Morgan fingerprint density at radius 2 is 1.56 bits per heavy atom. The first-order valence-electron chi connectivity index (χ1n) is 21.0. The fourth-order valence-corrected chi connectivity index (χ4v) is 9.97. The number of nitrogens with zero attached hydrogens (tertiary/aromatic N) is 3. The van der Waals surface area contributed by atoms with E-state index in [0.717, 1.165) is 23.2 Å². The van der Waals surface area contributed by atoms with E-state index in [0.29, 0.717) is 43.1 Å². The highest BCUT2D eigenvalue weighted by Gasteiger charge is 2.52. The van der Waals surface area contributed by atoms with Crippen molar-refractivity contribution in [3.05, 3.63) is 33.2 Å². The van der Waals surface area contributed by atoms with Gasteiger partial charge in [-0.3, -0.25) is 4.79 Å². The molecule has 1 aromatic carbocycles. The molecule has 1 fully saturated rings. The molecule has 0 spiro atoms. The van der Waals surface area contributed by atoms with Crippen LogP contribution >= 0.6 is 0 Å². The number of hydrogen-bond acceptors (Lipinski definition) is 11. The monoisotopic (exact) mass is 881 g/mol. The summed E-state index contributed by atoms with van der Waals surface area (Å²) in [6.45, 7) is 33.6. The minimum absolute atomic E-state index is 0.0331. The van der Waals surface area contributed by atoms with Gasteiger partial charge in [0.25, 0.3) is 0 Å². The molecule has 7 atom stereocenters. The summed E-state index contributed by atoms with van der Waals surface area (Å²) in [6, 6.07) is 3.69. The largest absolute Gasteiger partial charge is 0.467 e. The third-order valence-electron chi connectivity index (χ3n) is 12.4. The van der Waals surface area contributed by atoms with E-state index < -0.39 is 78.2 Å². The number of methoxy groups -OCH3 is 1. The zero-order valence-electron chi connectivity index (χ0n) is 38.9. The summed E-state index contributed by atoms with van der Waals surface area (Å²) in [4.78, 5) is 29.5. The summed E-state index contributed by atoms with van der Waals surface area (Å²) in [5.74, 6) is -1.02. The molecule has 1 aromatic rings. The Morgan fingerprint density at radius 3 is 2.07 bits per heavy atom. The number of hydrogen-bond donors (Lipinski definition) is 1. The van der Waals surface area contributed by atoms with Crippen LogP contribution in [0.2, 0.25) is 69.5 Å². The average Bonchev–Trinajstić information content (AvgIpc) is 3.09. The number of esters is 1. The van der Waals surface area contributed by atoms with Crippen LogP contribution < -0.4 is 9.47 Å². The summed E-state index contributed by atoms with van der Waals surface area (Å²) < 4.78 is 49.3.